The van der Waals surface area contributed by atoms with E-state index in [2.05, 4.69) is 40.3 Å². The molecule has 0 spiro atoms. The van der Waals surface area contributed by atoms with E-state index in [0.717, 1.165) is 48.4 Å². The van der Waals surface area contributed by atoms with Crippen molar-refractivity contribution >= 4 is 46.5 Å². The number of rotatable bonds is 5. The van der Waals surface area contributed by atoms with Crippen molar-refractivity contribution in [2.75, 3.05) is 41.3 Å². The van der Waals surface area contributed by atoms with E-state index in [9.17, 15) is 0 Å². The normalized spacial score (nSPS) is 21.3. The monoisotopic (exact) mass is 472 g/mol. The first kappa shape index (κ1) is 23.1. The highest BCUT2D eigenvalue weighted by molar-refractivity contribution is 7.80. The molecule has 3 heterocycles. The van der Waals surface area contributed by atoms with Gasteiger partial charge in [-0.1, -0.05) is 43.6 Å². The average Bonchev–Trinajstić information content (AvgIpc) is 2.78. The Morgan fingerprint density at radius 1 is 1.03 bits per heavy atom. The van der Waals surface area contributed by atoms with E-state index in [-0.39, 0.29) is 0 Å². The second-order valence-electron chi connectivity index (χ2n) is 9.19. The number of anilines is 3. The van der Waals surface area contributed by atoms with E-state index in [1.54, 1.807) is 0 Å². The number of halogens is 1. The van der Waals surface area contributed by atoms with Crippen molar-refractivity contribution in [2.24, 2.45) is 11.8 Å². The van der Waals surface area contributed by atoms with Crippen molar-refractivity contribution in [3.63, 3.8) is 0 Å². The van der Waals surface area contributed by atoms with E-state index < -0.39 is 0 Å². The molecule has 172 valence electrons. The molecule has 1 aromatic carbocycles. The van der Waals surface area contributed by atoms with Gasteiger partial charge in [-0.3, -0.25) is 0 Å². The number of nitrogens with zero attached hydrogens (tertiary/aromatic N) is 4. The van der Waals surface area contributed by atoms with Crippen molar-refractivity contribution in [3.8, 4) is 0 Å². The molecule has 32 heavy (non-hydrogen) atoms. The molecule has 2 aliphatic rings. The number of hydrogen-bond acceptors (Lipinski definition) is 5. The number of piperidine rings is 2. The van der Waals surface area contributed by atoms with Crippen LogP contribution in [0, 0.1) is 11.8 Å². The molecule has 2 atom stereocenters. The second kappa shape index (κ2) is 10.7. The lowest BCUT2D eigenvalue weighted by Gasteiger charge is -2.35. The highest BCUT2D eigenvalue weighted by atomic mass is 35.5. The van der Waals surface area contributed by atoms with Gasteiger partial charge in [-0.2, -0.15) is 9.97 Å². The van der Waals surface area contributed by atoms with Crippen LogP contribution in [-0.2, 0) is 6.54 Å². The molecule has 2 N–H and O–H groups in total. The number of thiocarbonyl (C=S) groups is 1. The van der Waals surface area contributed by atoms with Crippen LogP contribution < -0.4 is 20.4 Å². The number of aromatic nitrogens is 2. The van der Waals surface area contributed by atoms with Gasteiger partial charge in [-0.05, 0) is 61.4 Å². The molecular formula is C24H33ClN6S. The van der Waals surface area contributed by atoms with E-state index in [0.29, 0.717) is 29.4 Å². The zero-order valence-corrected chi connectivity index (χ0v) is 20.6. The standard InChI is InChI=1S/C24H33ClN6S/c1-17-7-5-11-30(15-17)21-13-22(31-12-6-8-18(2)16-31)28-23(27-21)29-24(32)26-14-19-9-3-4-10-20(19)25/h3-4,9-10,13,17-18H,5-8,11-12,14-16H2,1-2H3,(H2,26,27,28,29,32)/t17-,18-/m0/s1. The minimum absolute atomic E-state index is 0.493. The average molecular weight is 473 g/mol. The summed E-state index contributed by atoms with van der Waals surface area (Å²) in [6.45, 7) is 9.30. The summed E-state index contributed by atoms with van der Waals surface area (Å²) >= 11 is 11.8. The molecule has 2 saturated heterocycles. The van der Waals surface area contributed by atoms with Gasteiger partial charge in [0.15, 0.2) is 5.11 Å². The topological polar surface area (TPSA) is 56.3 Å². The lowest BCUT2D eigenvalue weighted by molar-refractivity contribution is 0.441. The minimum Gasteiger partial charge on any atom is -0.358 e. The summed E-state index contributed by atoms with van der Waals surface area (Å²) in [6.07, 6.45) is 4.95. The Hall–Kier alpha value is -2.12. The number of hydrogen-bond donors (Lipinski definition) is 2. The maximum absolute atomic E-state index is 6.27. The molecule has 2 fully saturated rings. The second-order valence-corrected chi connectivity index (χ2v) is 10.0. The van der Waals surface area contributed by atoms with Crippen LogP contribution in [0.3, 0.4) is 0 Å². The van der Waals surface area contributed by atoms with Gasteiger partial charge < -0.3 is 20.4 Å². The molecular weight excluding hydrogens is 440 g/mol. The van der Waals surface area contributed by atoms with Gasteiger partial charge in [0.1, 0.15) is 11.6 Å². The highest BCUT2D eigenvalue weighted by Gasteiger charge is 2.23. The van der Waals surface area contributed by atoms with Crippen LogP contribution in [0.25, 0.3) is 0 Å². The van der Waals surface area contributed by atoms with E-state index in [1.165, 1.54) is 25.7 Å². The van der Waals surface area contributed by atoms with Crippen molar-refractivity contribution in [2.45, 2.75) is 46.1 Å². The summed E-state index contributed by atoms with van der Waals surface area (Å²) in [7, 11) is 0. The molecule has 2 aromatic rings. The predicted octanol–water partition coefficient (Wildman–Crippen LogP) is 5.09. The van der Waals surface area contributed by atoms with Gasteiger partial charge >= 0.3 is 0 Å². The molecule has 2 aliphatic heterocycles. The molecule has 6 nitrogen and oxygen atoms in total. The third-order valence-corrected chi connectivity index (χ3v) is 6.90. The zero-order valence-electron chi connectivity index (χ0n) is 19.0. The molecule has 1 aromatic heterocycles. The van der Waals surface area contributed by atoms with Crippen molar-refractivity contribution in [1.82, 2.24) is 15.3 Å². The van der Waals surface area contributed by atoms with Gasteiger partial charge in [0, 0.05) is 43.8 Å². The molecule has 0 aliphatic carbocycles. The van der Waals surface area contributed by atoms with Crippen molar-refractivity contribution < 1.29 is 0 Å². The fraction of sp³-hybridized carbons (Fsp3) is 0.542. The first-order valence-electron chi connectivity index (χ1n) is 11.6. The quantitative estimate of drug-likeness (QED) is 0.588. The van der Waals surface area contributed by atoms with Gasteiger partial charge in [0.25, 0.3) is 0 Å². The van der Waals surface area contributed by atoms with E-state index in [1.807, 2.05) is 24.3 Å². The van der Waals surface area contributed by atoms with Gasteiger partial charge in [0.2, 0.25) is 5.95 Å². The van der Waals surface area contributed by atoms with Gasteiger partial charge in [-0.15, -0.1) is 0 Å². The van der Waals surface area contributed by atoms with Crippen LogP contribution in [0.15, 0.2) is 30.3 Å². The lowest BCUT2D eigenvalue weighted by atomic mass is 10.00. The first-order chi connectivity index (χ1) is 15.5. The summed E-state index contributed by atoms with van der Waals surface area (Å²) in [6, 6.07) is 9.92. The Labute approximate surface area is 201 Å². The Morgan fingerprint density at radius 3 is 2.19 bits per heavy atom. The van der Waals surface area contributed by atoms with E-state index in [4.69, 9.17) is 33.8 Å². The molecule has 0 radical (unpaired) electrons. The zero-order chi connectivity index (χ0) is 22.5. The SMILES string of the molecule is C[C@H]1CCCN(c2cc(N3CCC[C@H](C)C3)nc(NC(=S)NCc3ccccc3Cl)n2)C1. The lowest BCUT2D eigenvalue weighted by Crippen LogP contribution is -2.37. The maximum Gasteiger partial charge on any atom is 0.232 e. The minimum atomic E-state index is 0.493. The molecule has 0 unspecified atom stereocenters. The summed E-state index contributed by atoms with van der Waals surface area (Å²) in [5, 5.41) is 7.66. The van der Waals surface area contributed by atoms with Crippen LogP contribution in [0.5, 0.6) is 0 Å². The molecule has 0 bridgehead atoms. The van der Waals surface area contributed by atoms with Crippen LogP contribution in [0.2, 0.25) is 5.02 Å². The van der Waals surface area contributed by atoms with Gasteiger partial charge in [-0.25, -0.2) is 0 Å². The van der Waals surface area contributed by atoms with Crippen LogP contribution >= 0.6 is 23.8 Å². The fourth-order valence-electron chi connectivity index (χ4n) is 4.56. The third kappa shape index (κ3) is 6.01. The molecule has 8 heteroatoms. The highest BCUT2D eigenvalue weighted by Crippen LogP contribution is 2.28. The van der Waals surface area contributed by atoms with Gasteiger partial charge in [0.05, 0.1) is 0 Å². The molecule has 0 saturated carbocycles. The fourth-order valence-corrected chi connectivity index (χ4v) is 4.93. The third-order valence-electron chi connectivity index (χ3n) is 6.28. The number of benzene rings is 1. The Balaban J connectivity index is 1.51. The Morgan fingerprint density at radius 2 is 1.62 bits per heavy atom. The summed E-state index contributed by atoms with van der Waals surface area (Å²) < 4.78 is 0. The Bertz CT molecular complexity index is 898. The molecule has 0 amide bonds. The summed E-state index contributed by atoms with van der Waals surface area (Å²) in [5.41, 5.74) is 0.998. The summed E-state index contributed by atoms with van der Waals surface area (Å²) in [5.74, 6) is 3.86. The van der Waals surface area contributed by atoms with Crippen LogP contribution in [0.1, 0.15) is 45.1 Å². The summed E-state index contributed by atoms with van der Waals surface area (Å²) in [4.78, 5) is 14.5. The van der Waals surface area contributed by atoms with Crippen molar-refractivity contribution in [3.05, 3.63) is 40.9 Å². The first-order valence-corrected chi connectivity index (χ1v) is 12.4. The van der Waals surface area contributed by atoms with Crippen molar-refractivity contribution in [1.29, 1.82) is 0 Å². The van der Waals surface area contributed by atoms with E-state index >= 15 is 0 Å². The van der Waals surface area contributed by atoms with Crippen LogP contribution in [-0.4, -0.2) is 41.3 Å². The number of nitrogens with one attached hydrogen (secondary N) is 2. The predicted molar refractivity (Wildman–Crippen MR) is 138 cm³/mol. The largest absolute Gasteiger partial charge is 0.358 e. The van der Waals surface area contributed by atoms with Crippen LogP contribution in [0.4, 0.5) is 17.6 Å². The Kier molecular flexibility index (Phi) is 7.68. The maximum atomic E-state index is 6.27. The smallest absolute Gasteiger partial charge is 0.232 e. The molecule has 4 rings (SSSR count).